The lowest BCUT2D eigenvalue weighted by atomic mass is 9.72. The number of halogens is 6. The van der Waals surface area contributed by atoms with E-state index in [1.165, 1.54) is 12.4 Å². The highest BCUT2D eigenvalue weighted by Gasteiger charge is 2.72. The molecule has 0 radical (unpaired) electrons. The van der Waals surface area contributed by atoms with Crippen LogP contribution < -0.4 is 11.1 Å². The van der Waals surface area contributed by atoms with Crippen LogP contribution in [0.25, 0.3) is 0 Å². The number of amidine groups is 1. The molecule has 13 heteroatoms. The van der Waals surface area contributed by atoms with E-state index in [1.54, 1.807) is 0 Å². The van der Waals surface area contributed by atoms with Crippen LogP contribution in [-0.4, -0.2) is 34.0 Å². The minimum atomic E-state index is -5.90. The smallest absolute Gasteiger partial charge is 0.411 e. The largest absolute Gasteiger partial charge is 0.506 e. The number of thioether (sulfide) groups is 1. The molecule has 0 aliphatic rings. The summed E-state index contributed by atoms with van der Waals surface area (Å²) in [5.41, 5.74) is -3.09. The van der Waals surface area contributed by atoms with Crippen LogP contribution in [0.2, 0.25) is 0 Å². The number of phenols is 2. The van der Waals surface area contributed by atoms with E-state index in [0.717, 1.165) is 11.8 Å². The quantitative estimate of drug-likeness (QED) is 0.101. The first-order valence-electron chi connectivity index (χ1n) is 8.13. The molecule has 0 spiro atoms. The SMILES string of the molecule is CSC(=Nc1cc(C(c2ccc(O)c(N)c2)(C(F)(F)F)C(F)(F)F)ccc1O)NC#N. The fraction of sp³-hybridized carbons (Fsp3) is 0.222. The number of alkyl halides is 6. The van der Waals surface area contributed by atoms with Crippen LogP contribution in [0.5, 0.6) is 11.5 Å². The first-order chi connectivity index (χ1) is 14.3. The average molecular weight is 464 g/mol. The van der Waals surface area contributed by atoms with Gasteiger partial charge in [-0.1, -0.05) is 23.9 Å². The maximum Gasteiger partial charge on any atom is 0.411 e. The Balaban J connectivity index is 2.93. The highest BCUT2D eigenvalue weighted by atomic mass is 32.2. The van der Waals surface area contributed by atoms with Crippen LogP contribution in [0.4, 0.5) is 37.7 Å². The van der Waals surface area contributed by atoms with Crippen molar-refractivity contribution in [2.45, 2.75) is 17.8 Å². The number of hydrogen-bond acceptors (Lipinski definition) is 6. The number of phenolic OH excluding ortho intramolecular Hbond substituents is 2. The van der Waals surface area contributed by atoms with Gasteiger partial charge in [-0.3, -0.25) is 5.32 Å². The van der Waals surface area contributed by atoms with E-state index in [4.69, 9.17) is 11.0 Å². The molecule has 0 saturated heterocycles. The molecule has 2 rings (SSSR count). The van der Waals surface area contributed by atoms with Gasteiger partial charge in [-0.15, -0.1) is 0 Å². The van der Waals surface area contributed by atoms with Crippen LogP contribution in [0.1, 0.15) is 11.1 Å². The van der Waals surface area contributed by atoms with E-state index >= 15 is 0 Å². The molecule has 5 N–H and O–H groups in total. The molecular weight excluding hydrogens is 450 g/mol. The second-order valence-electron chi connectivity index (χ2n) is 6.08. The van der Waals surface area contributed by atoms with Crippen LogP contribution in [-0.2, 0) is 5.41 Å². The Bertz CT molecular complexity index is 1030. The molecule has 0 saturated carbocycles. The van der Waals surface area contributed by atoms with Crippen molar-refractivity contribution in [2.75, 3.05) is 12.0 Å². The maximum absolute atomic E-state index is 14.2. The summed E-state index contributed by atoms with van der Waals surface area (Å²) in [5, 5.41) is 30.0. The van der Waals surface area contributed by atoms with Crippen molar-refractivity contribution in [3.05, 3.63) is 47.5 Å². The number of nitrogens with one attached hydrogen (secondary N) is 1. The molecular formula is C18H14F6N4O2S. The van der Waals surface area contributed by atoms with Gasteiger partial charge in [-0.05, 0) is 41.6 Å². The second kappa shape index (κ2) is 8.46. The number of nitriles is 1. The van der Waals surface area contributed by atoms with E-state index < -0.39 is 51.8 Å². The topological polar surface area (TPSA) is 115 Å². The zero-order valence-electron chi connectivity index (χ0n) is 15.5. The van der Waals surface area contributed by atoms with Crippen molar-refractivity contribution in [2.24, 2.45) is 4.99 Å². The van der Waals surface area contributed by atoms with E-state index in [0.29, 0.717) is 36.4 Å². The number of anilines is 1. The number of aromatic hydroxyl groups is 2. The van der Waals surface area contributed by atoms with Gasteiger partial charge in [0.2, 0.25) is 5.41 Å². The molecule has 6 nitrogen and oxygen atoms in total. The number of nitrogens with zero attached hydrogens (tertiary/aromatic N) is 2. The zero-order valence-corrected chi connectivity index (χ0v) is 16.3. The Kier molecular flexibility index (Phi) is 6.55. The summed E-state index contributed by atoms with van der Waals surface area (Å²) < 4.78 is 85.1. The van der Waals surface area contributed by atoms with Crippen LogP contribution in [0.15, 0.2) is 41.4 Å². The van der Waals surface area contributed by atoms with Crippen molar-refractivity contribution in [1.29, 1.82) is 5.26 Å². The molecule has 0 aliphatic heterocycles. The minimum Gasteiger partial charge on any atom is -0.506 e. The van der Waals surface area contributed by atoms with E-state index in [2.05, 4.69) is 10.3 Å². The molecule has 0 aliphatic carbocycles. The summed E-state index contributed by atoms with van der Waals surface area (Å²) in [5.74, 6) is -1.40. The Morgan fingerprint density at radius 1 is 1.00 bits per heavy atom. The lowest BCUT2D eigenvalue weighted by Gasteiger charge is -2.38. The van der Waals surface area contributed by atoms with Gasteiger partial charge < -0.3 is 15.9 Å². The van der Waals surface area contributed by atoms with Crippen LogP contribution in [0.3, 0.4) is 0 Å². The molecule has 166 valence electrons. The number of nitrogen functional groups attached to an aromatic ring is 1. The Morgan fingerprint density at radius 3 is 1.97 bits per heavy atom. The molecule has 31 heavy (non-hydrogen) atoms. The van der Waals surface area contributed by atoms with Gasteiger partial charge in [0.05, 0.1) is 5.69 Å². The van der Waals surface area contributed by atoms with Gasteiger partial charge in [0.15, 0.2) is 11.4 Å². The summed E-state index contributed by atoms with van der Waals surface area (Å²) in [4.78, 5) is 3.73. The highest BCUT2D eigenvalue weighted by Crippen LogP contribution is 2.57. The molecule has 0 bridgehead atoms. The minimum absolute atomic E-state index is 0.173. The Labute approximate surface area is 176 Å². The van der Waals surface area contributed by atoms with Gasteiger partial charge in [-0.2, -0.15) is 31.6 Å². The molecule has 2 aromatic carbocycles. The summed E-state index contributed by atoms with van der Waals surface area (Å²) in [6.45, 7) is 0. The van der Waals surface area contributed by atoms with Crippen molar-refractivity contribution >= 4 is 28.3 Å². The Morgan fingerprint density at radius 2 is 1.52 bits per heavy atom. The molecule has 0 unspecified atom stereocenters. The predicted octanol–water partition coefficient (Wildman–Crippen LogP) is 4.51. The maximum atomic E-state index is 14.2. The van der Waals surface area contributed by atoms with Crippen molar-refractivity contribution in [3.8, 4) is 17.7 Å². The first kappa shape index (κ1) is 24.0. The zero-order chi connectivity index (χ0) is 23.6. The number of aliphatic imine (C=N–C) groups is 1. The van der Waals surface area contributed by atoms with Gasteiger partial charge in [0.25, 0.3) is 0 Å². The third-order valence-corrected chi connectivity index (χ3v) is 4.88. The van der Waals surface area contributed by atoms with Gasteiger partial charge in [0.1, 0.15) is 17.2 Å². The average Bonchev–Trinajstić information content (AvgIpc) is 2.64. The second-order valence-corrected chi connectivity index (χ2v) is 6.88. The summed E-state index contributed by atoms with van der Waals surface area (Å²) in [6.07, 6.45) is -8.85. The third kappa shape index (κ3) is 4.29. The lowest BCUT2D eigenvalue weighted by molar-refractivity contribution is -0.288. The summed E-state index contributed by atoms with van der Waals surface area (Å²) in [6, 6.07) is 3.00. The monoisotopic (exact) mass is 464 g/mol. The fourth-order valence-electron chi connectivity index (χ4n) is 2.90. The summed E-state index contributed by atoms with van der Waals surface area (Å²) >= 11 is 0.839. The number of benzene rings is 2. The van der Waals surface area contributed by atoms with E-state index in [-0.39, 0.29) is 5.17 Å². The predicted molar refractivity (Wildman–Crippen MR) is 103 cm³/mol. The molecule has 0 fully saturated rings. The van der Waals surface area contributed by atoms with Gasteiger partial charge >= 0.3 is 12.4 Å². The molecule has 0 heterocycles. The van der Waals surface area contributed by atoms with Crippen molar-refractivity contribution in [3.63, 3.8) is 0 Å². The first-order valence-corrected chi connectivity index (χ1v) is 9.35. The van der Waals surface area contributed by atoms with E-state index in [1.807, 2.05) is 0 Å². The fourth-order valence-corrected chi connectivity index (χ4v) is 3.24. The van der Waals surface area contributed by atoms with Crippen molar-refractivity contribution in [1.82, 2.24) is 5.32 Å². The third-order valence-electron chi connectivity index (χ3n) is 4.30. The molecule has 0 amide bonds. The van der Waals surface area contributed by atoms with Gasteiger partial charge in [-0.25, -0.2) is 4.99 Å². The summed E-state index contributed by atoms with van der Waals surface area (Å²) in [7, 11) is 0. The van der Waals surface area contributed by atoms with Crippen molar-refractivity contribution < 1.29 is 36.6 Å². The number of nitrogens with two attached hydrogens (primary N) is 1. The lowest BCUT2D eigenvalue weighted by Crippen LogP contribution is -2.54. The number of hydrogen-bond donors (Lipinski definition) is 4. The van der Waals surface area contributed by atoms with Gasteiger partial charge in [0, 0.05) is 0 Å². The number of rotatable bonds is 3. The van der Waals surface area contributed by atoms with E-state index in [9.17, 15) is 36.6 Å². The molecule has 0 aromatic heterocycles. The molecule has 2 aromatic rings. The van der Waals surface area contributed by atoms with Crippen LogP contribution in [0, 0.1) is 11.5 Å². The molecule has 0 atom stereocenters. The standard InChI is InChI=1S/C18H14F6N4O2S/c1-31-15(27-8-25)28-12-7-10(3-5-14(12)30)16(17(19,20)21,18(22,23)24)9-2-4-13(29)11(26)6-9/h2-7,29-30H,26H2,1H3,(H,27,28). The van der Waals surface area contributed by atoms with Crippen LogP contribution >= 0.6 is 11.8 Å². The Hall–Kier alpha value is -3.27. The highest BCUT2D eigenvalue weighted by molar-refractivity contribution is 8.13. The normalized spacial score (nSPS) is 13.0.